The molecular formula is C18H13BrN4. The summed E-state index contributed by atoms with van der Waals surface area (Å²) < 4.78 is 3.21. The Morgan fingerprint density at radius 2 is 1.61 bits per heavy atom. The lowest BCUT2D eigenvalue weighted by atomic mass is 10.2. The zero-order valence-corrected chi connectivity index (χ0v) is 13.8. The van der Waals surface area contributed by atoms with E-state index in [1.165, 1.54) is 5.56 Å². The topological polar surface area (TPSA) is 43.6 Å². The quantitative estimate of drug-likeness (QED) is 0.545. The van der Waals surface area contributed by atoms with Gasteiger partial charge in [0.1, 0.15) is 5.69 Å². The third-order valence-electron chi connectivity index (χ3n) is 3.64. The molecule has 0 bridgehead atoms. The van der Waals surface area contributed by atoms with Crippen molar-refractivity contribution >= 4 is 15.9 Å². The molecule has 0 saturated heterocycles. The van der Waals surface area contributed by atoms with Crippen LogP contribution in [0.1, 0.15) is 5.56 Å². The number of imidazole rings is 1. The highest BCUT2D eigenvalue weighted by Gasteiger charge is 2.12. The van der Waals surface area contributed by atoms with E-state index in [2.05, 4.69) is 59.7 Å². The third kappa shape index (κ3) is 3.00. The number of halogens is 1. The average Bonchev–Trinajstić information content (AvgIpc) is 3.01. The summed E-state index contributed by atoms with van der Waals surface area (Å²) in [6.45, 7) is 0.806. The monoisotopic (exact) mass is 364 g/mol. The Bertz CT molecular complexity index is 900. The van der Waals surface area contributed by atoms with Gasteiger partial charge in [0, 0.05) is 41.4 Å². The molecule has 2 aliphatic heterocycles. The maximum absolute atomic E-state index is 4.63. The van der Waals surface area contributed by atoms with Crippen LogP contribution in [0.15, 0.2) is 71.7 Å². The second-order valence-electron chi connectivity index (χ2n) is 5.30. The number of aromatic nitrogens is 4. The second-order valence-corrected chi connectivity index (χ2v) is 6.21. The maximum atomic E-state index is 4.63. The number of hydrogen-bond acceptors (Lipinski definition) is 3. The smallest absolute Gasteiger partial charge is 0.160 e. The van der Waals surface area contributed by atoms with E-state index >= 15 is 0 Å². The Morgan fingerprint density at radius 3 is 2.39 bits per heavy atom. The van der Waals surface area contributed by atoms with Gasteiger partial charge in [0.15, 0.2) is 5.82 Å². The first-order valence-electron chi connectivity index (χ1n) is 7.26. The number of hydrogen-bond donors (Lipinski definition) is 0. The third-order valence-corrected chi connectivity index (χ3v) is 4.17. The van der Waals surface area contributed by atoms with E-state index in [0.29, 0.717) is 0 Å². The molecule has 2 aliphatic rings. The molecule has 0 amide bonds. The molecule has 5 heteroatoms. The molecule has 23 heavy (non-hydrogen) atoms. The zero-order valence-electron chi connectivity index (χ0n) is 12.2. The van der Waals surface area contributed by atoms with Crippen LogP contribution in [-0.2, 0) is 6.54 Å². The molecule has 2 aromatic rings. The van der Waals surface area contributed by atoms with Crippen LogP contribution in [0.4, 0.5) is 0 Å². The van der Waals surface area contributed by atoms with Gasteiger partial charge in [0.2, 0.25) is 0 Å². The number of benzene rings is 1. The summed E-state index contributed by atoms with van der Waals surface area (Å²) in [5.74, 6) is 0.740. The molecular weight excluding hydrogens is 352 g/mol. The lowest BCUT2D eigenvalue weighted by Gasteiger charge is -2.08. The van der Waals surface area contributed by atoms with Crippen LogP contribution in [0.2, 0.25) is 0 Å². The largest absolute Gasteiger partial charge is 0.348 e. The summed E-state index contributed by atoms with van der Waals surface area (Å²) in [6.07, 6.45) is 7.58. The van der Waals surface area contributed by atoms with Gasteiger partial charge in [-0.2, -0.15) is 0 Å². The van der Waals surface area contributed by atoms with Crippen molar-refractivity contribution in [3.8, 4) is 22.8 Å². The SMILES string of the molecule is Brc1ccc(Cn2ccc3nc(-c4ccncc4)nc-3c2)cc1. The van der Waals surface area contributed by atoms with Crippen molar-refractivity contribution in [3.63, 3.8) is 0 Å². The maximum Gasteiger partial charge on any atom is 0.160 e. The molecule has 0 aliphatic carbocycles. The van der Waals surface area contributed by atoms with Crippen LogP contribution >= 0.6 is 15.9 Å². The van der Waals surface area contributed by atoms with Crippen LogP contribution in [0, 0.1) is 0 Å². The highest BCUT2D eigenvalue weighted by Crippen LogP contribution is 2.24. The van der Waals surface area contributed by atoms with Crippen molar-refractivity contribution in [2.75, 3.05) is 0 Å². The van der Waals surface area contributed by atoms with Gasteiger partial charge in [-0.3, -0.25) is 4.98 Å². The van der Waals surface area contributed by atoms with E-state index < -0.39 is 0 Å². The van der Waals surface area contributed by atoms with Gasteiger partial charge in [-0.1, -0.05) is 28.1 Å². The summed E-state index contributed by atoms with van der Waals surface area (Å²) in [5, 5.41) is 0. The first-order chi connectivity index (χ1) is 11.3. The predicted octanol–water partition coefficient (Wildman–Crippen LogP) is 4.26. The van der Waals surface area contributed by atoms with Crippen LogP contribution in [0.5, 0.6) is 0 Å². The lowest BCUT2D eigenvalue weighted by Crippen LogP contribution is -2.00. The normalized spacial score (nSPS) is 11.0. The summed E-state index contributed by atoms with van der Waals surface area (Å²) in [7, 11) is 0. The molecule has 0 unspecified atom stereocenters. The minimum Gasteiger partial charge on any atom is -0.348 e. The molecule has 0 spiro atoms. The van der Waals surface area contributed by atoms with Crippen molar-refractivity contribution in [3.05, 3.63) is 77.3 Å². The van der Waals surface area contributed by atoms with Crippen molar-refractivity contribution in [1.29, 1.82) is 0 Å². The van der Waals surface area contributed by atoms with Gasteiger partial charge in [-0.15, -0.1) is 0 Å². The average molecular weight is 365 g/mol. The van der Waals surface area contributed by atoms with E-state index in [1.807, 2.05) is 30.6 Å². The van der Waals surface area contributed by atoms with E-state index in [0.717, 1.165) is 33.8 Å². The number of fused-ring (bicyclic) bond motifs is 1. The fourth-order valence-corrected chi connectivity index (χ4v) is 2.75. The van der Waals surface area contributed by atoms with E-state index in [1.54, 1.807) is 12.4 Å². The Morgan fingerprint density at radius 1 is 0.870 bits per heavy atom. The molecule has 4 rings (SSSR count). The van der Waals surface area contributed by atoms with Gasteiger partial charge >= 0.3 is 0 Å². The predicted molar refractivity (Wildman–Crippen MR) is 93.1 cm³/mol. The highest BCUT2D eigenvalue weighted by molar-refractivity contribution is 9.10. The molecule has 1 aromatic heterocycles. The Hall–Kier alpha value is -2.53. The molecule has 0 saturated carbocycles. The standard InChI is InChI=1S/C18H13BrN4/c19-15-3-1-13(2-4-15)11-23-10-7-16-17(12-23)22-18(21-16)14-5-8-20-9-6-14/h1-10,12H,11H2. The summed E-state index contributed by atoms with van der Waals surface area (Å²) >= 11 is 3.46. The van der Waals surface area contributed by atoms with Crippen LogP contribution in [0.3, 0.4) is 0 Å². The van der Waals surface area contributed by atoms with E-state index in [4.69, 9.17) is 0 Å². The van der Waals surface area contributed by atoms with Gasteiger partial charge in [-0.05, 0) is 35.9 Å². The fraction of sp³-hybridized carbons (Fsp3) is 0.0556. The Labute approximate surface area is 142 Å². The van der Waals surface area contributed by atoms with Crippen LogP contribution in [-0.4, -0.2) is 19.5 Å². The highest BCUT2D eigenvalue weighted by atomic mass is 79.9. The fourth-order valence-electron chi connectivity index (χ4n) is 2.48. The van der Waals surface area contributed by atoms with Crippen molar-refractivity contribution in [2.24, 2.45) is 0 Å². The molecule has 0 fully saturated rings. The summed E-state index contributed by atoms with van der Waals surface area (Å²) in [4.78, 5) is 13.2. The number of pyridine rings is 2. The van der Waals surface area contributed by atoms with Crippen LogP contribution < -0.4 is 0 Å². The molecule has 112 valence electrons. The van der Waals surface area contributed by atoms with Gasteiger partial charge < -0.3 is 4.57 Å². The Balaban J connectivity index is 1.66. The molecule has 4 nitrogen and oxygen atoms in total. The minimum absolute atomic E-state index is 0.740. The summed E-state index contributed by atoms with van der Waals surface area (Å²) in [5.41, 5.74) is 4.03. The van der Waals surface area contributed by atoms with Gasteiger partial charge in [-0.25, -0.2) is 9.97 Å². The minimum atomic E-state index is 0.740. The van der Waals surface area contributed by atoms with Gasteiger partial charge in [0.25, 0.3) is 0 Å². The molecule has 3 heterocycles. The van der Waals surface area contributed by atoms with Gasteiger partial charge in [0.05, 0.1) is 5.69 Å². The summed E-state index contributed by atoms with van der Waals surface area (Å²) in [6, 6.07) is 14.2. The van der Waals surface area contributed by atoms with Crippen molar-refractivity contribution in [1.82, 2.24) is 19.5 Å². The zero-order chi connectivity index (χ0) is 15.6. The Kier molecular flexibility index (Phi) is 3.63. The van der Waals surface area contributed by atoms with Crippen LogP contribution in [0.25, 0.3) is 22.8 Å². The molecule has 0 N–H and O–H groups in total. The number of rotatable bonds is 3. The van der Waals surface area contributed by atoms with E-state index in [-0.39, 0.29) is 0 Å². The molecule has 0 atom stereocenters. The second kappa shape index (κ2) is 5.93. The van der Waals surface area contributed by atoms with Crippen molar-refractivity contribution < 1.29 is 0 Å². The lowest BCUT2D eigenvalue weighted by molar-refractivity contribution is 0.789. The number of nitrogens with zero attached hydrogens (tertiary/aromatic N) is 4. The first-order valence-corrected chi connectivity index (χ1v) is 8.06. The van der Waals surface area contributed by atoms with E-state index in [9.17, 15) is 0 Å². The first kappa shape index (κ1) is 14.1. The van der Waals surface area contributed by atoms with Crippen molar-refractivity contribution in [2.45, 2.75) is 6.54 Å². The molecule has 0 radical (unpaired) electrons. The molecule has 1 aromatic carbocycles.